The summed E-state index contributed by atoms with van der Waals surface area (Å²) in [6.07, 6.45) is 2.50. The van der Waals surface area contributed by atoms with Crippen LogP contribution in [0.4, 0.5) is 18.0 Å². The maximum Gasteiger partial charge on any atom is 0.389 e. The predicted molar refractivity (Wildman–Crippen MR) is 132 cm³/mol. The molecule has 0 radical (unpaired) electrons. The first-order chi connectivity index (χ1) is 16.6. The van der Waals surface area contributed by atoms with Gasteiger partial charge in [-0.1, -0.05) is 61.9 Å². The van der Waals surface area contributed by atoms with E-state index in [2.05, 4.69) is 10.6 Å². The topological polar surface area (TPSA) is 64.6 Å². The van der Waals surface area contributed by atoms with Gasteiger partial charge in [-0.3, -0.25) is 0 Å². The summed E-state index contributed by atoms with van der Waals surface area (Å²) in [6.45, 7) is 3.33. The van der Waals surface area contributed by atoms with Crippen molar-refractivity contribution in [1.82, 2.24) is 15.5 Å². The van der Waals surface area contributed by atoms with E-state index < -0.39 is 30.5 Å². The average molecular weight is 498 g/mol. The van der Waals surface area contributed by atoms with Crippen molar-refractivity contribution in [3.05, 3.63) is 35.4 Å². The summed E-state index contributed by atoms with van der Waals surface area (Å²) in [5, 5.41) is 18.1. The summed E-state index contributed by atoms with van der Waals surface area (Å²) in [5.74, 6) is 0.150. The molecule has 0 bridgehead atoms. The summed E-state index contributed by atoms with van der Waals surface area (Å²) in [4.78, 5) is 14.9. The molecule has 5 nitrogen and oxygen atoms in total. The average Bonchev–Trinajstić information content (AvgIpc) is 2.83. The number of rotatable bonds is 9. The molecule has 1 aliphatic carbocycles. The lowest BCUT2D eigenvalue weighted by molar-refractivity contribution is -0.155. The molecule has 1 aromatic carbocycles. The Labute approximate surface area is 207 Å². The van der Waals surface area contributed by atoms with Gasteiger partial charge in [0.15, 0.2) is 0 Å². The minimum atomic E-state index is -4.36. The van der Waals surface area contributed by atoms with Crippen molar-refractivity contribution in [2.24, 2.45) is 11.8 Å². The Bertz CT molecular complexity index is 813. The first-order valence-electron chi connectivity index (χ1n) is 13.2. The first-order valence-corrected chi connectivity index (χ1v) is 13.2. The fourth-order valence-electron chi connectivity index (χ4n) is 5.91. The van der Waals surface area contributed by atoms with E-state index in [0.717, 1.165) is 12.0 Å². The van der Waals surface area contributed by atoms with Gasteiger partial charge < -0.3 is 20.6 Å². The van der Waals surface area contributed by atoms with Crippen LogP contribution in [-0.2, 0) is 5.60 Å². The third-order valence-electron chi connectivity index (χ3n) is 7.81. The minimum Gasteiger partial charge on any atom is -0.385 e. The van der Waals surface area contributed by atoms with E-state index in [0.29, 0.717) is 37.4 Å². The van der Waals surface area contributed by atoms with Gasteiger partial charge in [0.25, 0.3) is 0 Å². The number of amides is 2. The zero-order chi connectivity index (χ0) is 25.5. The number of benzene rings is 1. The number of carbonyl (C=O) groups is 1. The highest BCUT2D eigenvalue weighted by Gasteiger charge is 2.44. The van der Waals surface area contributed by atoms with Gasteiger partial charge in [0.2, 0.25) is 0 Å². The van der Waals surface area contributed by atoms with Crippen molar-refractivity contribution < 1.29 is 23.1 Å². The van der Waals surface area contributed by atoms with E-state index in [1.54, 1.807) is 23.1 Å². The van der Waals surface area contributed by atoms with Gasteiger partial charge in [0.05, 0.1) is 5.60 Å². The zero-order valence-corrected chi connectivity index (χ0v) is 21.2. The van der Waals surface area contributed by atoms with Crippen LogP contribution in [-0.4, -0.2) is 54.9 Å². The Kier molecular flexibility index (Phi) is 9.87. The number of piperidine rings is 1. The van der Waals surface area contributed by atoms with Crippen LogP contribution in [0.25, 0.3) is 0 Å². The number of likely N-dealkylation sites (N-methyl/N-ethyl adjacent to an activating group) is 1. The number of halogens is 3. The number of aliphatic hydroxyl groups is 1. The highest BCUT2D eigenvalue weighted by molar-refractivity contribution is 5.74. The Balaban J connectivity index is 1.71. The maximum atomic E-state index is 13.2. The molecule has 1 saturated carbocycles. The molecule has 2 fully saturated rings. The molecule has 3 N–H and O–H groups in total. The molecule has 1 saturated heterocycles. The van der Waals surface area contributed by atoms with Crippen molar-refractivity contribution in [1.29, 1.82) is 0 Å². The van der Waals surface area contributed by atoms with E-state index in [9.17, 15) is 23.1 Å². The number of urea groups is 1. The van der Waals surface area contributed by atoms with Gasteiger partial charge in [0, 0.05) is 38.0 Å². The summed E-state index contributed by atoms with van der Waals surface area (Å²) in [7, 11) is 1.87. The second-order valence-electron chi connectivity index (χ2n) is 10.6. The Morgan fingerprint density at radius 1 is 1.14 bits per heavy atom. The number of carbonyl (C=O) groups excluding carboxylic acids is 1. The summed E-state index contributed by atoms with van der Waals surface area (Å²) in [6, 6.07) is 6.93. The van der Waals surface area contributed by atoms with Crippen LogP contribution >= 0.6 is 0 Å². The van der Waals surface area contributed by atoms with E-state index in [-0.39, 0.29) is 18.6 Å². The van der Waals surface area contributed by atoms with Crippen LogP contribution in [0, 0.1) is 18.8 Å². The van der Waals surface area contributed by atoms with E-state index in [4.69, 9.17) is 0 Å². The number of hydrogen-bond donors (Lipinski definition) is 3. The maximum absolute atomic E-state index is 13.2. The van der Waals surface area contributed by atoms with Crippen LogP contribution in [0.5, 0.6) is 0 Å². The molecule has 1 heterocycles. The number of hydrogen-bond acceptors (Lipinski definition) is 3. The third kappa shape index (κ3) is 8.10. The second kappa shape index (κ2) is 12.4. The lowest BCUT2D eigenvalue weighted by Gasteiger charge is -2.43. The normalized spacial score (nSPS) is 22.5. The van der Waals surface area contributed by atoms with Crippen molar-refractivity contribution in [3.8, 4) is 0 Å². The first kappa shape index (κ1) is 27.8. The molecule has 2 amide bonds. The highest BCUT2D eigenvalue weighted by Crippen LogP contribution is 2.42. The number of alkyl halides is 3. The zero-order valence-electron chi connectivity index (χ0n) is 21.2. The van der Waals surface area contributed by atoms with Crippen molar-refractivity contribution >= 4 is 6.03 Å². The predicted octanol–water partition coefficient (Wildman–Crippen LogP) is 5.51. The summed E-state index contributed by atoms with van der Waals surface area (Å²) in [5.41, 5.74) is -0.261. The summed E-state index contributed by atoms with van der Waals surface area (Å²) < 4.78 is 39.5. The standard InChI is InChI=1S/C27H42F3N3O2/c1-20-8-6-11-22(16-20)26(35,13-14-27(28,29)30)23-12-7-15-33(19-23)25(34)32-24(18-31-2)17-21-9-4-3-5-10-21/h6,8,11,16,21,23-24,31,35H,3-5,7,9-10,12-15,17-19H2,1-2H3,(H,32,34)/t23-,24+,26-/m1/s1. The smallest absolute Gasteiger partial charge is 0.385 e. The lowest BCUT2D eigenvalue weighted by Crippen LogP contribution is -2.54. The fourth-order valence-corrected chi connectivity index (χ4v) is 5.91. The number of nitrogens with zero attached hydrogens (tertiary/aromatic N) is 1. The number of likely N-dealkylation sites (tertiary alicyclic amines) is 1. The molecule has 3 atom stereocenters. The molecule has 0 unspecified atom stereocenters. The Morgan fingerprint density at radius 2 is 1.89 bits per heavy atom. The Morgan fingerprint density at radius 3 is 2.54 bits per heavy atom. The van der Waals surface area contributed by atoms with Crippen molar-refractivity contribution in [3.63, 3.8) is 0 Å². The fraction of sp³-hybridized carbons (Fsp3) is 0.741. The molecule has 0 spiro atoms. The van der Waals surface area contributed by atoms with Crippen molar-refractivity contribution in [2.45, 2.75) is 89.0 Å². The molecule has 3 rings (SSSR count). The molecular weight excluding hydrogens is 455 g/mol. The van der Waals surface area contributed by atoms with E-state index >= 15 is 0 Å². The van der Waals surface area contributed by atoms with E-state index in [1.807, 2.05) is 20.0 Å². The second-order valence-corrected chi connectivity index (χ2v) is 10.6. The Hall–Kier alpha value is -1.80. The molecule has 0 aromatic heterocycles. The van der Waals surface area contributed by atoms with Gasteiger partial charge in [-0.05, 0) is 51.1 Å². The van der Waals surface area contributed by atoms with Crippen LogP contribution in [0.3, 0.4) is 0 Å². The van der Waals surface area contributed by atoms with Crippen LogP contribution in [0.2, 0.25) is 0 Å². The van der Waals surface area contributed by atoms with Gasteiger partial charge in [-0.15, -0.1) is 0 Å². The molecule has 2 aliphatic rings. The number of aryl methyl sites for hydroxylation is 1. The SMILES string of the molecule is CNC[C@H](CC1CCCCC1)NC(=O)N1CCC[C@@H]([C@@](O)(CCC(F)(F)F)c2cccc(C)c2)C1. The lowest BCUT2D eigenvalue weighted by atomic mass is 9.74. The highest BCUT2D eigenvalue weighted by atomic mass is 19.4. The van der Waals surface area contributed by atoms with Gasteiger partial charge in [0.1, 0.15) is 0 Å². The largest absolute Gasteiger partial charge is 0.389 e. The molecule has 35 heavy (non-hydrogen) atoms. The van der Waals surface area contributed by atoms with Crippen LogP contribution in [0.1, 0.15) is 75.3 Å². The quantitative estimate of drug-likeness (QED) is 0.422. The molecule has 1 aliphatic heterocycles. The monoisotopic (exact) mass is 497 g/mol. The molecular formula is C27H42F3N3O2. The molecule has 198 valence electrons. The minimum absolute atomic E-state index is 0.0110. The molecule has 1 aromatic rings. The number of nitrogens with one attached hydrogen (secondary N) is 2. The van der Waals surface area contributed by atoms with Crippen LogP contribution in [0.15, 0.2) is 24.3 Å². The van der Waals surface area contributed by atoms with Crippen molar-refractivity contribution in [2.75, 3.05) is 26.7 Å². The summed E-state index contributed by atoms with van der Waals surface area (Å²) >= 11 is 0. The van der Waals surface area contributed by atoms with Gasteiger partial charge in [-0.25, -0.2) is 4.79 Å². The van der Waals surface area contributed by atoms with Gasteiger partial charge >= 0.3 is 12.2 Å². The molecule has 8 heteroatoms. The van der Waals surface area contributed by atoms with Gasteiger partial charge in [-0.2, -0.15) is 13.2 Å². The van der Waals surface area contributed by atoms with E-state index in [1.165, 1.54) is 32.1 Å². The van der Waals surface area contributed by atoms with Crippen LogP contribution < -0.4 is 10.6 Å². The third-order valence-corrected chi connectivity index (χ3v) is 7.81.